The van der Waals surface area contributed by atoms with E-state index in [0.29, 0.717) is 18.5 Å². The van der Waals surface area contributed by atoms with Crippen LogP contribution in [-0.4, -0.2) is 51.1 Å². The number of carbonyl (C=O) groups is 1. The highest BCUT2D eigenvalue weighted by molar-refractivity contribution is 7.88. The maximum Gasteiger partial charge on any atom is 0.416 e. The number of piperidine rings is 2. The van der Waals surface area contributed by atoms with E-state index in [1.54, 1.807) is 0 Å². The van der Waals surface area contributed by atoms with Gasteiger partial charge in [-0.25, -0.2) is 12.7 Å². The van der Waals surface area contributed by atoms with E-state index in [1.165, 1.54) is 10.4 Å². The van der Waals surface area contributed by atoms with Gasteiger partial charge in [0.25, 0.3) is 0 Å². The van der Waals surface area contributed by atoms with Gasteiger partial charge in [-0.05, 0) is 50.3 Å². The molecule has 1 amide bonds. The third-order valence-electron chi connectivity index (χ3n) is 5.57. The second kappa shape index (κ2) is 8.51. The molecule has 6 nitrogen and oxygen atoms in total. The van der Waals surface area contributed by atoms with Crippen molar-refractivity contribution in [2.24, 2.45) is 5.92 Å². The van der Waals surface area contributed by atoms with E-state index in [1.807, 2.05) is 4.90 Å². The van der Waals surface area contributed by atoms with Crippen molar-refractivity contribution in [2.75, 3.05) is 42.7 Å². The zero-order valence-corrected chi connectivity index (χ0v) is 17.2. The van der Waals surface area contributed by atoms with Crippen LogP contribution in [0.15, 0.2) is 18.2 Å². The zero-order chi connectivity index (χ0) is 21.2. The molecule has 0 atom stereocenters. The van der Waals surface area contributed by atoms with Crippen LogP contribution in [0.5, 0.6) is 0 Å². The SMILES string of the molecule is CS(=O)(=O)N1CCC(C(=O)Nc2cc(C(F)(F)F)ccc2N2CCCCC2)CC1. The van der Waals surface area contributed by atoms with Gasteiger partial charge in [-0.2, -0.15) is 13.2 Å². The number of sulfonamides is 1. The second-order valence-corrected chi connectivity index (χ2v) is 9.69. The number of nitrogens with one attached hydrogen (secondary N) is 1. The Kier molecular flexibility index (Phi) is 6.42. The van der Waals surface area contributed by atoms with Crippen molar-refractivity contribution in [3.8, 4) is 0 Å². The van der Waals surface area contributed by atoms with Crippen molar-refractivity contribution in [2.45, 2.75) is 38.3 Å². The van der Waals surface area contributed by atoms with E-state index in [4.69, 9.17) is 0 Å². The van der Waals surface area contributed by atoms with Gasteiger partial charge in [-0.3, -0.25) is 4.79 Å². The Labute approximate surface area is 169 Å². The van der Waals surface area contributed by atoms with E-state index < -0.39 is 27.7 Å². The van der Waals surface area contributed by atoms with E-state index in [-0.39, 0.29) is 24.7 Å². The van der Waals surface area contributed by atoms with E-state index in [2.05, 4.69) is 5.32 Å². The van der Waals surface area contributed by atoms with Gasteiger partial charge in [-0.1, -0.05) is 0 Å². The predicted octanol–water partition coefficient (Wildman–Crippen LogP) is 3.31. The van der Waals surface area contributed by atoms with Crippen LogP contribution in [0.4, 0.5) is 24.5 Å². The highest BCUT2D eigenvalue weighted by Crippen LogP contribution is 2.37. The first kappa shape index (κ1) is 21.9. The summed E-state index contributed by atoms with van der Waals surface area (Å²) < 4.78 is 64.2. The molecule has 0 bridgehead atoms. The molecule has 29 heavy (non-hydrogen) atoms. The normalized spacial score (nSPS) is 19.9. The highest BCUT2D eigenvalue weighted by Gasteiger charge is 2.33. The lowest BCUT2D eigenvalue weighted by molar-refractivity contribution is -0.137. The summed E-state index contributed by atoms with van der Waals surface area (Å²) in [6.07, 6.45) is 0.309. The third kappa shape index (κ3) is 5.42. The van der Waals surface area contributed by atoms with Gasteiger partial charge in [0.2, 0.25) is 15.9 Å². The molecule has 2 fully saturated rings. The molecular formula is C19H26F3N3O3S. The molecule has 2 aliphatic heterocycles. The van der Waals surface area contributed by atoms with Crippen LogP contribution >= 0.6 is 0 Å². The van der Waals surface area contributed by atoms with Gasteiger partial charge in [0.05, 0.1) is 23.2 Å². The van der Waals surface area contributed by atoms with Gasteiger partial charge >= 0.3 is 6.18 Å². The number of benzene rings is 1. The van der Waals surface area contributed by atoms with Crippen LogP contribution in [0.2, 0.25) is 0 Å². The summed E-state index contributed by atoms with van der Waals surface area (Å²) in [4.78, 5) is 14.7. The van der Waals surface area contributed by atoms with E-state index in [9.17, 15) is 26.4 Å². The molecule has 2 aliphatic rings. The second-order valence-electron chi connectivity index (χ2n) is 7.70. The fourth-order valence-corrected chi connectivity index (χ4v) is 4.78. The maximum atomic E-state index is 13.2. The molecule has 0 saturated carbocycles. The van der Waals surface area contributed by atoms with Crippen molar-refractivity contribution in [3.63, 3.8) is 0 Å². The largest absolute Gasteiger partial charge is 0.416 e. The fourth-order valence-electron chi connectivity index (χ4n) is 3.91. The minimum absolute atomic E-state index is 0.164. The molecule has 0 spiro atoms. The average molecular weight is 433 g/mol. The Morgan fingerprint density at radius 1 is 1.07 bits per heavy atom. The van der Waals surface area contributed by atoms with Gasteiger partial charge in [0, 0.05) is 32.1 Å². The number of alkyl halides is 3. The molecule has 162 valence electrons. The third-order valence-corrected chi connectivity index (χ3v) is 6.88. The molecule has 0 aromatic heterocycles. The van der Waals surface area contributed by atoms with Crippen molar-refractivity contribution >= 4 is 27.3 Å². The van der Waals surface area contributed by atoms with Crippen molar-refractivity contribution in [3.05, 3.63) is 23.8 Å². The van der Waals surface area contributed by atoms with E-state index >= 15 is 0 Å². The number of hydrogen-bond donors (Lipinski definition) is 1. The highest BCUT2D eigenvalue weighted by atomic mass is 32.2. The van der Waals surface area contributed by atoms with Crippen molar-refractivity contribution < 1.29 is 26.4 Å². The summed E-state index contributed by atoms with van der Waals surface area (Å²) in [7, 11) is -3.31. The summed E-state index contributed by atoms with van der Waals surface area (Å²) in [6.45, 7) is 1.94. The molecule has 2 saturated heterocycles. The molecule has 3 rings (SSSR count). The van der Waals surface area contributed by atoms with Crippen LogP contribution < -0.4 is 10.2 Å². The first-order valence-electron chi connectivity index (χ1n) is 9.78. The number of nitrogens with zero attached hydrogens (tertiary/aromatic N) is 2. The van der Waals surface area contributed by atoms with Crippen LogP contribution in [0.25, 0.3) is 0 Å². The summed E-state index contributed by atoms with van der Waals surface area (Å²) in [6, 6.07) is 3.47. The van der Waals surface area contributed by atoms with Crippen molar-refractivity contribution in [1.29, 1.82) is 0 Å². The lowest BCUT2D eigenvalue weighted by Gasteiger charge is -2.32. The molecule has 1 N–H and O–H groups in total. The van der Waals surface area contributed by atoms with Gasteiger partial charge < -0.3 is 10.2 Å². The lowest BCUT2D eigenvalue weighted by atomic mass is 9.97. The fraction of sp³-hybridized carbons (Fsp3) is 0.632. The minimum atomic E-state index is -4.50. The quantitative estimate of drug-likeness (QED) is 0.791. The first-order chi connectivity index (χ1) is 13.6. The van der Waals surface area contributed by atoms with Crippen molar-refractivity contribution in [1.82, 2.24) is 4.31 Å². The minimum Gasteiger partial charge on any atom is -0.370 e. The topological polar surface area (TPSA) is 69.7 Å². The summed E-state index contributed by atoms with van der Waals surface area (Å²) in [5.74, 6) is -0.799. The molecule has 0 radical (unpaired) electrons. The average Bonchev–Trinajstić information content (AvgIpc) is 2.67. The van der Waals surface area contributed by atoms with Gasteiger partial charge in [0.15, 0.2) is 0 Å². The Morgan fingerprint density at radius 3 is 2.24 bits per heavy atom. The Morgan fingerprint density at radius 2 is 1.69 bits per heavy atom. The smallest absolute Gasteiger partial charge is 0.370 e. The Hall–Kier alpha value is -1.81. The number of rotatable bonds is 4. The predicted molar refractivity (Wildman–Crippen MR) is 105 cm³/mol. The standard InChI is InChI=1S/C19H26F3N3O3S/c1-29(27,28)25-11-7-14(8-12-25)18(26)23-16-13-15(19(20,21)22)5-6-17(16)24-9-3-2-4-10-24/h5-6,13-14H,2-4,7-12H2,1H3,(H,23,26). The number of amides is 1. The number of hydrogen-bond acceptors (Lipinski definition) is 4. The summed E-state index contributed by atoms with van der Waals surface area (Å²) in [5, 5.41) is 2.70. The summed E-state index contributed by atoms with van der Waals surface area (Å²) >= 11 is 0. The molecule has 10 heteroatoms. The molecule has 1 aromatic rings. The monoisotopic (exact) mass is 433 g/mol. The van der Waals surface area contributed by atoms with E-state index in [0.717, 1.165) is 50.7 Å². The van der Waals surface area contributed by atoms with Gasteiger partial charge in [-0.15, -0.1) is 0 Å². The zero-order valence-electron chi connectivity index (χ0n) is 16.3. The van der Waals surface area contributed by atoms with Gasteiger partial charge in [0.1, 0.15) is 0 Å². The molecule has 1 aromatic carbocycles. The number of carbonyl (C=O) groups excluding carboxylic acids is 1. The molecular weight excluding hydrogens is 407 g/mol. The van der Waals surface area contributed by atoms with Crippen LogP contribution in [-0.2, 0) is 21.0 Å². The maximum absolute atomic E-state index is 13.2. The number of anilines is 2. The molecule has 0 unspecified atom stereocenters. The molecule has 0 aliphatic carbocycles. The van der Waals surface area contributed by atoms with Crippen LogP contribution in [0.1, 0.15) is 37.7 Å². The lowest BCUT2D eigenvalue weighted by Crippen LogP contribution is -2.41. The summed E-state index contributed by atoms with van der Waals surface area (Å²) in [5.41, 5.74) is -0.0441. The van der Waals surface area contributed by atoms with Crippen LogP contribution in [0.3, 0.4) is 0 Å². The number of halogens is 3. The van der Waals surface area contributed by atoms with Crippen LogP contribution in [0, 0.1) is 5.92 Å². The Balaban J connectivity index is 1.78. The Bertz CT molecular complexity index is 844. The first-order valence-corrected chi connectivity index (χ1v) is 11.6. The molecule has 2 heterocycles.